The van der Waals surface area contributed by atoms with Crippen molar-refractivity contribution in [2.24, 2.45) is 10.7 Å². The number of alkyl halides is 1. The molecule has 3 rings (SSSR count). The Labute approximate surface area is 209 Å². The molecule has 192 valence electrons. The number of hydrogen-bond donors (Lipinski definition) is 2. The summed E-state index contributed by atoms with van der Waals surface area (Å²) in [6.07, 6.45) is 6.42. The van der Waals surface area contributed by atoms with Crippen LogP contribution in [0.15, 0.2) is 41.5 Å². The number of aromatic nitrogens is 1. The number of pyridine rings is 1. The molecule has 0 saturated carbocycles. The van der Waals surface area contributed by atoms with Gasteiger partial charge in [-0.3, -0.25) is 9.79 Å². The molecule has 1 aromatic carbocycles. The van der Waals surface area contributed by atoms with E-state index in [9.17, 15) is 17.6 Å². The van der Waals surface area contributed by atoms with Crippen LogP contribution in [0.5, 0.6) is 5.75 Å². The molecule has 11 heteroatoms. The maximum absolute atomic E-state index is 15.1. The Balaban J connectivity index is 2.00. The fourth-order valence-corrected chi connectivity index (χ4v) is 7.19. The van der Waals surface area contributed by atoms with Crippen molar-refractivity contribution in [3.8, 4) is 18.1 Å². The van der Waals surface area contributed by atoms with Gasteiger partial charge in [-0.05, 0) is 50.1 Å². The van der Waals surface area contributed by atoms with Crippen molar-refractivity contribution in [3.63, 3.8) is 0 Å². The van der Waals surface area contributed by atoms with Crippen LogP contribution in [0.3, 0.4) is 0 Å². The zero-order valence-electron chi connectivity index (χ0n) is 20.2. The fourth-order valence-electron chi connectivity index (χ4n) is 4.53. The molecule has 0 aliphatic carbocycles. The predicted molar refractivity (Wildman–Crippen MR) is 134 cm³/mol. The number of nitrogens with zero attached hydrogens (tertiary/aromatic N) is 2. The molecule has 0 saturated heterocycles. The van der Waals surface area contributed by atoms with Gasteiger partial charge in [0, 0.05) is 11.3 Å². The molecular weight excluding hydrogens is 490 g/mol. The van der Waals surface area contributed by atoms with E-state index in [1.54, 1.807) is 6.92 Å². The standard InChI is InChI=1S/C25H28F2N4O4S/c1-5-12-35-17-9-11-20(29-14-17)22(32)30-16-8-10-19(27)18(13-16)24(4)21(6-2)36(33,34)25(7-3,15-26)23(28)31-24/h1,8-11,13-14,21H,6-7,12,15H2,2-4H3,(H2,28,31)(H,30,32)/t21-,24+,25-/m0/s1. The van der Waals surface area contributed by atoms with Crippen molar-refractivity contribution in [3.05, 3.63) is 53.6 Å². The lowest BCUT2D eigenvalue weighted by Crippen LogP contribution is -2.63. The lowest BCUT2D eigenvalue weighted by molar-refractivity contribution is 0.102. The summed E-state index contributed by atoms with van der Waals surface area (Å²) in [5.74, 6) is 0.981. The number of aliphatic imine (C=N–C) groups is 1. The van der Waals surface area contributed by atoms with Crippen LogP contribution in [0.1, 0.15) is 49.7 Å². The van der Waals surface area contributed by atoms with E-state index in [-0.39, 0.29) is 36.4 Å². The minimum atomic E-state index is -4.21. The molecule has 0 radical (unpaired) electrons. The van der Waals surface area contributed by atoms with Gasteiger partial charge >= 0.3 is 0 Å². The first kappa shape index (κ1) is 27.1. The quantitative estimate of drug-likeness (QED) is 0.517. The molecule has 36 heavy (non-hydrogen) atoms. The Hall–Kier alpha value is -3.52. The van der Waals surface area contributed by atoms with Crippen LogP contribution in [0.4, 0.5) is 14.5 Å². The summed E-state index contributed by atoms with van der Waals surface area (Å²) in [7, 11) is -4.21. The number of carbonyl (C=O) groups excluding carboxylic acids is 1. The maximum atomic E-state index is 15.1. The molecule has 0 unspecified atom stereocenters. The van der Waals surface area contributed by atoms with Gasteiger partial charge < -0.3 is 15.8 Å². The Bertz CT molecular complexity index is 1320. The molecule has 1 aliphatic heterocycles. The number of anilines is 1. The number of amidine groups is 1. The van der Waals surface area contributed by atoms with E-state index in [0.29, 0.717) is 5.75 Å². The maximum Gasteiger partial charge on any atom is 0.274 e. The minimum absolute atomic E-state index is 0.0470. The van der Waals surface area contributed by atoms with Crippen LogP contribution in [-0.4, -0.2) is 48.4 Å². The summed E-state index contributed by atoms with van der Waals surface area (Å²) < 4.78 is 59.6. The van der Waals surface area contributed by atoms with E-state index >= 15 is 4.39 Å². The van der Waals surface area contributed by atoms with Crippen molar-refractivity contribution >= 4 is 27.3 Å². The number of sulfone groups is 1. The van der Waals surface area contributed by atoms with Crippen LogP contribution in [-0.2, 0) is 15.4 Å². The van der Waals surface area contributed by atoms with Crippen LogP contribution < -0.4 is 15.8 Å². The molecule has 1 aliphatic rings. The highest BCUT2D eigenvalue weighted by atomic mass is 32.2. The van der Waals surface area contributed by atoms with Gasteiger partial charge in [0.25, 0.3) is 5.91 Å². The first-order chi connectivity index (χ1) is 17.0. The first-order valence-electron chi connectivity index (χ1n) is 11.3. The average molecular weight is 519 g/mol. The van der Waals surface area contributed by atoms with E-state index in [1.165, 1.54) is 44.3 Å². The molecule has 3 atom stereocenters. The molecule has 1 aromatic heterocycles. The monoisotopic (exact) mass is 518 g/mol. The Kier molecular flexibility index (Phi) is 7.69. The third-order valence-corrected chi connectivity index (χ3v) is 9.82. The lowest BCUT2D eigenvalue weighted by atomic mass is 9.85. The van der Waals surface area contributed by atoms with Gasteiger partial charge in [-0.15, -0.1) is 6.42 Å². The molecular formula is C25H28F2N4O4S. The Morgan fingerprint density at radius 2 is 2.03 bits per heavy atom. The Morgan fingerprint density at radius 3 is 2.58 bits per heavy atom. The number of ether oxygens (including phenoxy) is 1. The highest BCUT2D eigenvalue weighted by molar-refractivity contribution is 7.94. The summed E-state index contributed by atoms with van der Waals surface area (Å²) in [5, 5.41) is 1.37. The fraction of sp³-hybridized carbons (Fsp3) is 0.400. The third-order valence-electron chi connectivity index (χ3n) is 6.58. The number of rotatable bonds is 8. The van der Waals surface area contributed by atoms with Crippen molar-refractivity contribution in [1.29, 1.82) is 0 Å². The summed E-state index contributed by atoms with van der Waals surface area (Å²) in [6.45, 7) is 3.40. The van der Waals surface area contributed by atoms with E-state index in [0.717, 1.165) is 6.07 Å². The van der Waals surface area contributed by atoms with Crippen LogP contribution in [0.2, 0.25) is 0 Å². The Morgan fingerprint density at radius 1 is 1.31 bits per heavy atom. The number of carbonyl (C=O) groups is 1. The van der Waals surface area contributed by atoms with Gasteiger partial charge in [0.15, 0.2) is 14.6 Å². The van der Waals surface area contributed by atoms with E-state index in [4.69, 9.17) is 16.9 Å². The van der Waals surface area contributed by atoms with Gasteiger partial charge in [0.1, 0.15) is 41.9 Å². The minimum Gasteiger partial charge on any atom is -0.479 e. The summed E-state index contributed by atoms with van der Waals surface area (Å²) in [4.78, 5) is 21.1. The van der Waals surface area contributed by atoms with Gasteiger partial charge in [-0.25, -0.2) is 22.2 Å². The van der Waals surface area contributed by atoms with E-state index in [2.05, 4.69) is 21.2 Å². The van der Waals surface area contributed by atoms with Crippen LogP contribution >= 0.6 is 0 Å². The highest BCUT2D eigenvalue weighted by Gasteiger charge is 2.60. The molecule has 1 amide bonds. The normalized spacial score (nSPS) is 24.9. The summed E-state index contributed by atoms with van der Waals surface area (Å²) >= 11 is 0. The SMILES string of the molecule is C#CCOc1ccc(C(=O)Nc2ccc(F)c([C@@]3(C)N=C(N)[C@](CC)(CF)S(=O)(=O)[C@H]3CC)c2)nc1. The number of halogens is 2. The highest BCUT2D eigenvalue weighted by Crippen LogP contribution is 2.46. The molecule has 3 N–H and O–H groups in total. The molecule has 2 heterocycles. The summed E-state index contributed by atoms with van der Waals surface area (Å²) in [5.41, 5.74) is 4.55. The molecule has 8 nitrogen and oxygen atoms in total. The van der Waals surface area contributed by atoms with Gasteiger partial charge in [-0.1, -0.05) is 19.8 Å². The third kappa shape index (κ3) is 4.41. The number of hydrogen-bond acceptors (Lipinski definition) is 7. The smallest absolute Gasteiger partial charge is 0.274 e. The van der Waals surface area contributed by atoms with Gasteiger partial charge in [0.05, 0.1) is 11.4 Å². The molecule has 0 bridgehead atoms. The van der Waals surface area contributed by atoms with Crippen molar-refractivity contribution < 1.29 is 26.7 Å². The van der Waals surface area contributed by atoms with Crippen molar-refractivity contribution in [2.75, 3.05) is 18.6 Å². The molecule has 0 fully saturated rings. The summed E-state index contributed by atoms with van der Waals surface area (Å²) in [6, 6.07) is 6.69. The predicted octanol–water partition coefficient (Wildman–Crippen LogP) is 3.38. The van der Waals surface area contributed by atoms with Crippen molar-refractivity contribution in [2.45, 2.75) is 49.1 Å². The number of benzene rings is 1. The lowest BCUT2D eigenvalue weighted by Gasteiger charge is -2.45. The topological polar surface area (TPSA) is 124 Å². The molecule has 2 aromatic rings. The second-order valence-corrected chi connectivity index (χ2v) is 11.0. The second-order valence-electron chi connectivity index (χ2n) is 8.59. The number of nitrogens with one attached hydrogen (secondary N) is 1. The molecule has 0 spiro atoms. The number of nitrogens with two attached hydrogens (primary N) is 1. The number of terminal acetylenes is 1. The van der Waals surface area contributed by atoms with Gasteiger partial charge in [0.2, 0.25) is 0 Å². The van der Waals surface area contributed by atoms with Crippen LogP contribution in [0, 0.1) is 18.2 Å². The zero-order valence-corrected chi connectivity index (χ0v) is 21.0. The second kappa shape index (κ2) is 10.2. The average Bonchev–Trinajstić information content (AvgIpc) is 2.84. The largest absolute Gasteiger partial charge is 0.479 e. The van der Waals surface area contributed by atoms with E-state index in [1.807, 2.05) is 0 Å². The first-order valence-corrected chi connectivity index (χ1v) is 12.8. The van der Waals surface area contributed by atoms with E-state index < -0.39 is 49.6 Å². The van der Waals surface area contributed by atoms with Crippen LogP contribution in [0.25, 0.3) is 0 Å². The number of amides is 1. The zero-order chi connectivity index (χ0) is 26.7. The van der Waals surface area contributed by atoms with Gasteiger partial charge in [-0.2, -0.15) is 0 Å². The van der Waals surface area contributed by atoms with Crippen molar-refractivity contribution in [1.82, 2.24) is 4.98 Å².